The SMILES string of the molecule is CC(CC(O)c1ccccc1)NC(=O)CCc1nnc(C(C)C)o1. The zero-order chi connectivity index (χ0) is 17.5. The highest BCUT2D eigenvalue weighted by Crippen LogP contribution is 2.18. The minimum absolute atomic E-state index is 0.0907. The highest BCUT2D eigenvalue weighted by Gasteiger charge is 2.15. The van der Waals surface area contributed by atoms with Crippen LogP contribution in [0.2, 0.25) is 0 Å². The van der Waals surface area contributed by atoms with Crippen LogP contribution in [0.4, 0.5) is 0 Å². The van der Waals surface area contributed by atoms with Gasteiger partial charge in [-0.1, -0.05) is 44.2 Å². The lowest BCUT2D eigenvalue weighted by Gasteiger charge is -2.18. The quantitative estimate of drug-likeness (QED) is 0.776. The number of aryl methyl sites for hydroxylation is 1. The summed E-state index contributed by atoms with van der Waals surface area (Å²) in [4.78, 5) is 12.0. The zero-order valence-corrected chi connectivity index (χ0v) is 14.4. The van der Waals surface area contributed by atoms with Crippen molar-refractivity contribution in [2.45, 2.75) is 58.1 Å². The van der Waals surface area contributed by atoms with Crippen LogP contribution in [0, 0.1) is 0 Å². The first-order valence-electron chi connectivity index (χ1n) is 8.30. The summed E-state index contributed by atoms with van der Waals surface area (Å²) in [5.74, 6) is 1.15. The van der Waals surface area contributed by atoms with E-state index < -0.39 is 6.10 Å². The molecule has 0 aliphatic rings. The molecule has 0 bridgehead atoms. The van der Waals surface area contributed by atoms with Crippen LogP contribution >= 0.6 is 0 Å². The number of nitrogens with zero attached hydrogens (tertiary/aromatic N) is 2. The molecule has 0 saturated carbocycles. The Kier molecular flexibility index (Phi) is 6.49. The van der Waals surface area contributed by atoms with Crippen molar-refractivity contribution in [3.63, 3.8) is 0 Å². The number of carbonyl (C=O) groups excluding carboxylic acids is 1. The number of aliphatic hydroxyl groups is 1. The van der Waals surface area contributed by atoms with Crippen LogP contribution in [-0.4, -0.2) is 27.3 Å². The Morgan fingerprint density at radius 1 is 1.21 bits per heavy atom. The highest BCUT2D eigenvalue weighted by molar-refractivity contribution is 5.76. The molecule has 0 saturated heterocycles. The van der Waals surface area contributed by atoms with Gasteiger partial charge in [0, 0.05) is 24.8 Å². The van der Waals surface area contributed by atoms with E-state index in [0.717, 1.165) is 5.56 Å². The van der Waals surface area contributed by atoms with Crippen molar-refractivity contribution in [2.75, 3.05) is 0 Å². The Labute approximate surface area is 142 Å². The molecule has 2 aromatic rings. The summed E-state index contributed by atoms with van der Waals surface area (Å²) >= 11 is 0. The number of amides is 1. The van der Waals surface area contributed by atoms with Crippen molar-refractivity contribution in [1.29, 1.82) is 0 Å². The summed E-state index contributed by atoms with van der Waals surface area (Å²) in [7, 11) is 0. The average molecular weight is 331 g/mol. The number of nitrogens with one attached hydrogen (secondary N) is 1. The lowest BCUT2D eigenvalue weighted by Crippen LogP contribution is -2.33. The lowest BCUT2D eigenvalue weighted by atomic mass is 10.0. The number of benzene rings is 1. The summed E-state index contributed by atoms with van der Waals surface area (Å²) in [6, 6.07) is 9.31. The molecule has 0 fully saturated rings. The summed E-state index contributed by atoms with van der Waals surface area (Å²) in [5.41, 5.74) is 0.852. The third-order valence-electron chi connectivity index (χ3n) is 3.71. The van der Waals surface area contributed by atoms with Gasteiger partial charge in [-0.3, -0.25) is 4.79 Å². The molecule has 6 nitrogen and oxygen atoms in total. The lowest BCUT2D eigenvalue weighted by molar-refractivity contribution is -0.121. The largest absolute Gasteiger partial charge is 0.425 e. The Morgan fingerprint density at radius 2 is 1.92 bits per heavy atom. The molecule has 0 radical (unpaired) electrons. The van der Waals surface area contributed by atoms with E-state index >= 15 is 0 Å². The number of hydrogen-bond donors (Lipinski definition) is 2. The number of carbonyl (C=O) groups is 1. The molecule has 130 valence electrons. The standard InChI is InChI=1S/C18H25N3O3/c1-12(2)18-21-20-17(24-18)10-9-16(23)19-13(3)11-15(22)14-7-5-4-6-8-14/h4-8,12-13,15,22H,9-11H2,1-3H3,(H,19,23). The molecule has 0 aliphatic heterocycles. The van der Waals surface area contributed by atoms with Crippen LogP contribution in [0.5, 0.6) is 0 Å². The molecular weight excluding hydrogens is 306 g/mol. The number of aromatic nitrogens is 2. The van der Waals surface area contributed by atoms with Gasteiger partial charge in [0.15, 0.2) is 0 Å². The fourth-order valence-electron chi connectivity index (χ4n) is 2.37. The molecule has 1 heterocycles. The predicted molar refractivity (Wildman–Crippen MR) is 90.3 cm³/mol. The second kappa shape index (κ2) is 8.59. The zero-order valence-electron chi connectivity index (χ0n) is 14.4. The predicted octanol–water partition coefficient (Wildman–Crippen LogP) is 2.75. The van der Waals surface area contributed by atoms with E-state index in [4.69, 9.17) is 4.42 Å². The topological polar surface area (TPSA) is 88.2 Å². The maximum atomic E-state index is 12.0. The van der Waals surface area contributed by atoms with Gasteiger partial charge in [-0.2, -0.15) is 0 Å². The summed E-state index contributed by atoms with van der Waals surface area (Å²) < 4.78 is 5.48. The first kappa shape index (κ1) is 18.1. The Balaban J connectivity index is 1.75. The van der Waals surface area contributed by atoms with Gasteiger partial charge in [0.1, 0.15) is 0 Å². The van der Waals surface area contributed by atoms with Crippen LogP contribution in [0.25, 0.3) is 0 Å². The maximum Gasteiger partial charge on any atom is 0.220 e. The van der Waals surface area contributed by atoms with Gasteiger partial charge in [0.05, 0.1) is 6.10 Å². The van der Waals surface area contributed by atoms with E-state index in [0.29, 0.717) is 24.6 Å². The third-order valence-corrected chi connectivity index (χ3v) is 3.71. The first-order valence-corrected chi connectivity index (χ1v) is 8.30. The monoisotopic (exact) mass is 331 g/mol. The van der Waals surface area contributed by atoms with Crippen molar-refractivity contribution >= 4 is 5.91 Å². The van der Waals surface area contributed by atoms with Gasteiger partial charge in [-0.15, -0.1) is 10.2 Å². The van der Waals surface area contributed by atoms with Gasteiger partial charge in [-0.25, -0.2) is 0 Å². The minimum atomic E-state index is -0.592. The second-order valence-corrected chi connectivity index (χ2v) is 6.32. The summed E-state index contributed by atoms with van der Waals surface area (Å²) in [5, 5.41) is 21.0. The molecule has 2 rings (SSSR count). The molecule has 0 spiro atoms. The second-order valence-electron chi connectivity index (χ2n) is 6.32. The van der Waals surface area contributed by atoms with E-state index in [1.807, 2.05) is 51.1 Å². The molecule has 1 aromatic heterocycles. The van der Waals surface area contributed by atoms with Gasteiger partial charge >= 0.3 is 0 Å². The number of aliphatic hydroxyl groups excluding tert-OH is 1. The third kappa shape index (κ3) is 5.45. The Morgan fingerprint density at radius 3 is 2.54 bits per heavy atom. The molecule has 6 heteroatoms. The fourth-order valence-corrected chi connectivity index (χ4v) is 2.37. The molecule has 24 heavy (non-hydrogen) atoms. The molecule has 1 aromatic carbocycles. The van der Waals surface area contributed by atoms with Crippen LogP contribution in [-0.2, 0) is 11.2 Å². The molecular formula is C18H25N3O3. The van der Waals surface area contributed by atoms with Gasteiger partial charge in [0.2, 0.25) is 17.7 Å². The number of rotatable bonds is 8. The van der Waals surface area contributed by atoms with Gasteiger partial charge in [-0.05, 0) is 18.9 Å². The maximum absolute atomic E-state index is 12.0. The highest BCUT2D eigenvalue weighted by atomic mass is 16.4. The molecule has 0 aliphatic carbocycles. The van der Waals surface area contributed by atoms with Crippen molar-refractivity contribution in [3.05, 3.63) is 47.7 Å². The van der Waals surface area contributed by atoms with Gasteiger partial charge in [0.25, 0.3) is 0 Å². The summed E-state index contributed by atoms with van der Waals surface area (Å²) in [6.07, 6.45) is 0.574. The fraction of sp³-hybridized carbons (Fsp3) is 0.500. The first-order chi connectivity index (χ1) is 11.5. The van der Waals surface area contributed by atoms with Gasteiger partial charge < -0.3 is 14.8 Å². The van der Waals surface area contributed by atoms with Crippen molar-refractivity contribution in [1.82, 2.24) is 15.5 Å². The van der Waals surface area contributed by atoms with Crippen LogP contribution in [0.15, 0.2) is 34.7 Å². The molecule has 2 atom stereocenters. The average Bonchev–Trinajstić information content (AvgIpc) is 3.03. The van der Waals surface area contributed by atoms with Crippen molar-refractivity contribution in [3.8, 4) is 0 Å². The summed E-state index contributed by atoms with van der Waals surface area (Å²) in [6.45, 7) is 5.83. The molecule has 2 unspecified atom stereocenters. The molecule has 2 N–H and O–H groups in total. The van der Waals surface area contributed by atoms with Crippen molar-refractivity contribution in [2.24, 2.45) is 0 Å². The number of hydrogen-bond acceptors (Lipinski definition) is 5. The smallest absolute Gasteiger partial charge is 0.220 e. The van der Waals surface area contributed by atoms with E-state index in [-0.39, 0.29) is 24.3 Å². The van der Waals surface area contributed by atoms with E-state index in [9.17, 15) is 9.90 Å². The van der Waals surface area contributed by atoms with Crippen molar-refractivity contribution < 1.29 is 14.3 Å². The van der Waals surface area contributed by atoms with Crippen LogP contribution in [0.1, 0.15) is 63.0 Å². The minimum Gasteiger partial charge on any atom is -0.425 e. The Hall–Kier alpha value is -2.21. The molecule has 1 amide bonds. The van der Waals surface area contributed by atoms with Crippen LogP contribution in [0.3, 0.4) is 0 Å². The van der Waals surface area contributed by atoms with Crippen LogP contribution < -0.4 is 5.32 Å². The normalized spacial score (nSPS) is 13.7. The van der Waals surface area contributed by atoms with E-state index in [1.165, 1.54) is 0 Å². The Bertz CT molecular complexity index is 640. The van der Waals surface area contributed by atoms with E-state index in [2.05, 4.69) is 15.5 Å². The van der Waals surface area contributed by atoms with E-state index in [1.54, 1.807) is 0 Å².